The number of amides is 1. The molecule has 0 N–H and O–H groups in total. The molecule has 1 amide bonds. The fraction of sp³-hybridized carbons (Fsp3) is 0.481. The van der Waals surface area contributed by atoms with E-state index in [0.717, 1.165) is 44.5 Å². The molecule has 2 aromatic rings. The molecule has 3 rings (SSSR count). The highest BCUT2D eigenvalue weighted by Crippen LogP contribution is 2.44. The molecule has 0 aliphatic carbocycles. The van der Waals surface area contributed by atoms with Crippen LogP contribution in [0.2, 0.25) is 0 Å². The summed E-state index contributed by atoms with van der Waals surface area (Å²) in [7, 11) is 1.39. The Morgan fingerprint density at radius 1 is 1.00 bits per heavy atom. The minimum atomic E-state index is -0.891. The second-order valence-corrected chi connectivity index (χ2v) is 9.55. The molecule has 178 valence electrons. The van der Waals surface area contributed by atoms with Gasteiger partial charge in [-0.05, 0) is 81.8 Å². The summed E-state index contributed by atoms with van der Waals surface area (Å²) in [5.74, 6) is -0.411. The van der Waals surface area contributed by atoms with Gasteiger partial charge in [-0.25, -0.2) is 9.59 Å². The zero-order chi connectivity index (χ0) is 24.5. The van der Waals surface area contributed by atoms with Gasteiger partial charge in [-0.3, -0.25) is 4.90 Å². The number of carbonyl (C=O) groups excluding carboxylic acids is 2. The zero-order valence-electron chi connectivity index (χ0n) is 21.0. The highest BCUT2D eigenvalue weighted by atomic mass is 16.6. The van der Waals surface area contributed by atoms with Gasteiger partial charge in [0.2, 0.25) is 0 Å². The Bertz CT molecular complexity index is 1050. The summed E-state index contributed by atoms with van der Waals surface area (Å²) in [6, 6.07) is 8.26. The lowest BCUT2D eigenvalue weighted by atomic mass is 9.83. The minimum Gasteiger partial charge on any atom is -0.464 e. The second kappa shape index (κ2) is 9.56. The zero-order valence-corrected chi connectivity index (χ0v) is 21.0. The maximum atomic E-state index is 13.2. The van der Waals surface area contributed by atoms with E-state index >= 15 is 0 Å². The largest absolute Gasteiger partial charge is 0.464 e. The molecule has 0 fully saturated rings. The summed E-state index contributed by atoms with van der Waals surface area (Å²) in [4.78, 5) is 27.2. The van der Waals surface area contributed by atoms with E-state index in [2.05, 4.69) is 31.2 Å². The van der Waals surface area contributed by atoms with E-state index in [4.69, 9.17) is 14.2 Å². The van der Waals surface area contributed by atoms with E-state index in [1.54, 1.807) is 11.8 Å². The molecular formula is C27H35NO5. The molecule has 2 aromatic carbocycles. The van der Waals surface area contributed by atoms with Gasteiger partial charge in [-0.2, -0.15) is 0 Å². The Labute approximate surface area is 196 Å². The van der Waals surface area contributed by atoms with E-state index in [-0.39, 0.29) is 12.7 Å². The first-order chi connectivity index (χ1) is 15.5. The lowest BCUT2D eigenvalue weighted by Gasteiger charge is -2.30. The van der Waals surface area contributed by atoms with Crippen molar-refractivity contribution in [2.75, 3.05) is 13.7 Å². The first-order valence-electron chi connectivity index (χ1n) is 11.4. The Balaban J connectivity index is 2.31. The van der Waals surface area contributed by atoms with Crippen molar-refractivity contribution in [3.05, 3.63) is 57.6 Å². The van der Waals surface area contributed by atoms with Crippen LogP contribution in [0.1, 0.15) is 67.2 Å². The summed E-state index contributed by atoms with van der Waals surface area (Å²) >= 11 is 0. The number of hydrogen-bond acceptors (Lipinski definition) is 5. The number of fused-ring (bicyclic) bond motifs is 1. The van der Waals surface area contributed by atoms with Crippen LogP contribution in [-0.4, -0.2) is 36.3 Å². The third-order valence-electron chi connectivity index (χ3n) is 6.02. The average molecular weight is 454 g/mol. The molecule has 1 aliphatic rings. The topological polar surface area (TPSA) is 65.1 Å². The van der Waals surface area contributed by atoms with Crippen molar-refractivity contribution in [3.8, 4) is 11.1 Å². The van der Waals surface area contributed by atoms with Crippen molar-refractivity contribution in [2.24, 2.45) is 0 Å². The van der Waals surface area contributed by atoms with Crippen molar-refractivity contribution in [1.82, 2.24) is 4.90 Å². The van der Waals surface area contributed by atoms with Gasteiger partial charge in [0.05, 0.1) is 19.3 Å². The summed E-state index contributed by atoms with van der Waals surface area (Å²) in [6.07, 6.45) is -1.26. The number of esters is 1. The van der Waals surface area contributed by atoms with Gasteiger partial charge in [0, 0.05) is 18.7 Å². The Morgan fingerprint density at radius 3 is 2.09 bits per heavy atom. The van der Waals surface area contributed by atoms with Crippen LogP contribution in [0.15, 0.2) is 24.3 Å². The number of benzene rings is 2. The molecule has 1 atom stereocenters. The smallest absolute Gasteiger partial charge is 0.410 e. The monoisotopic (exact) mass is 453 g/mol. The molecular weight excluding hydrogens is 418 g/mol. The summed E-state index contributed by atoms with van der Waals surface area (Å²) in [5.41, 5.74) is 7.46. The summed E-state index contributed by atoms with van der Waals surface area (Å²) < 4.78 is 16.8. The molecule has 33 heavy (non-hydrogen) atoms. The van der Waals surface area contributed by atoms with Crippen LogP contribution in [0.25, 0.3) is 11.1 Å². The highest BCUT2D eigenvalue weighted by molar-refractivity contribution is 5.85. The number of nitrogens with zero attached hydrogens (tertiary/aromatic N) is 1. The molecule has 6 nitrogen and oxygen atoms in total. The van der Waals surface area contributed by atoms with E-state index in [1.165, 1.54) is 7.11 Å². The molecule has 0 aromatic heterocycles. The van der Waals surface area contributed by atoms with Gasteiger partial charge in [0.1, 0.15) is 0 Å². The molecule has 0 saturated carbocycles. The fourth-order valence-corrected chi connectivity index (χ4v) is 4.50. The quantitative estimate of drug-likeness (QED) is 0.537. The van der Waals surface area contributed by atoms with Crippen molar-refractivity contribution in [3.63, 3.8) is 0 Å². The summed E-state index contributed by atoms with van der Waals surface area (Å²) in [6.45, 7) is 14.9. The molecule has 1 aliphatic heterocycles. The van der Waals surface area contributed by atoms with Crippen molar-refractivity contribution >= 4 is 12.1 Å². The molecule has 1 heterocycles. The Hall–Kier alpha value is -2.86. The number of methoxy groups -OCH3 is 1. The van der Waals surface area contributed by atoms with Crippen LogP contribution in [0.5, 0.6) is 0 Å². The number of aryl methyl sites for hydroxylation is 1. The highest BCUT2D eigenvalue weighted by Gasteiger charge is 2.37. The number of carbonyl (C=O) groups is 2. The Kier molecular flexibility index (Phi) is 7.17. The van der Waals surface area contributed by atoms with Gasteiger partial charge < -0.3 is 14.2 Å². The van der Waals surface area contributed by atoms with Crippen LogP contribution in [-0.2, 0) is 32.1 Å². The molecule has 0 bridgehead atoms. The third-order valence-corrected chi connectivity index (χ3v) is 6.02. The van der Waals surface area contributed by atoms with Crippen LogP contribution in [0, 0.1) is 20.8 Å². The molecule has 0 spiro atoms. The summed E-state index contributed by atoms with van der Waals surface area (Å²) in [5, 5.41) is 0. The van der Waals surface area contributed by atoms with Crippen molar-refractivity contribution < 1.29 is 23.8 Å². The number of rotatable bonds is 5. The standard InChI is InChI=1S/C27H35NO5/c1-9-32-25(29)24(33-27(5,6)7)23-18(4)21-15-28(26(30)31-8)14-20(21)17(3)22(23)19-12-10-16(2)11-13-19/h10-13,24H,9,14-15H2,1-8H3/t24-/m0/s1. The van der Waals surface area contributed by atoms with Gasteiger partial charge in [-0.1, -0.05) is 29.8 Å². The van der Waals surface area contributed by atoms with E-state index in [0.29, 0.717) is 13.1 Å². The van der Waals surface area contributed by atoms with E-state index in [9.17, 15) is 9.59 Å². The maximum absolute atomic E-state index is 13.2. The molecule has 0 saturated heterocycles. The van der Waals surface area contributed by atoms with Gasteiger partial charge >= 0.3 is 12.1 Å². The maximum Gasteiger partial charge on any atom is 0.410 e. The lowest BCUT2D eigenvalue weighted by Crippen LogP contribution is -2.30. The second-order valence-electron chi connectivity index (χ2n) is 9.55. The fourth-order valence-electron chi connectivity index (χ4n) is 4.50. The van der Waals surface area contributed by atoms with Gasteiger partial charge in [0.15, 0.2) is 6.10 Å². The molecule has 0 radical (unpaired) electrons. The van der Waals surface area contributed by atoms with Crippen LogP contribution < -0.4 is 0 Å². The number of hydrogen-bond donors (Lipinski definition) is 0. The molecule has 0 unspecified atom stereocenters. The van der Waals surface area contributed by atoms with Crippen LogP contribution in [0.3, 0.4) is 0 Å². The minimum absolute atomic E-state index is 0.266. The Morgan fingerprint density at radius 2 is 1.58 bits per heavy atom. The van der Waals surface area contributed by atoms with Gasteiger partial charge in [-0.15, -0.1) is 0 Å². The van der Waals surface area contributed by atoms with Crippen LogP contribution >= 0.6 is 0 Å². The van der Waals surface area contributed by atoms with Crippen LogP contribution in [0.4, 0.5) is 4.79 Å². The lowest BCUT2D eigenvalue weighted by molar-refractivity contribution is -0.166. The predicted molar refractivity (Wildman–Crippen MR) is 128 cm³/mol. The van der Waals surface area contributed by atoms with Crippen molar-refractivity contribution in [2.45, 2.75) is 73.3 Å². The SMILES string of the molecule is CCOC(=O)[C@@H](OC(C)(C)C)c1c(C)c2c(c(C)c1-c1ccc(C)cc1)CN(C(=O)OC)C2. The predicted octanol–water partition coefficient (Wildman–Crippen LogP) is 5.78. The average Bonchev–Trinajstić information content (AvgIpc) is 3.21. The van der Waals surface area contributed by atoms with E-state index in [1.807, 2.05) is 34.6 Å². The van der Waals surface area contributed by atoms with Gasteiger partial charge in [0.25, 0.3) is 0 Å². The van der Waals surface area contributed by atoms with Crippen molar-refractivity contribution in [1.29, 1.82) is 0 Å². The van der Waals surface area contributed by atoms with E-state index < -0.39 is 17.7 Å². The first kappa shape index (κ1) is 24.8. The first-order valence-corrected chi connectivity index (χ1v) is 11.4. The number of ether oxygens (including phenoxy) is 3. The molecule has 6 heteroatoms. The normalized spacial score (nSPS) is 14.1. The third kappa shape index (κ3) is 5.06.